The quantitative estimate of drug-likeness (QED) is 0.482. The highest BCUT2D eigenvalue weighted by Crippen LogP contribution is 2.53. The molecule has 1 fully saturated rings. The average molecular weight is 486 g/mol. The molecule has 36 heavy (non-hydrogen) atoms. The van der Waals surface area contributed by atoms with Crippen LogP contribution in [0.4, 0.5) is 0 Å². The van der Waals surface area contributed by atoms with Crippen molar-refractivity contribution in [2.75, 3.05) is 0 Å². The van der Waals surface area contributed by atoms with E-state index in [1.165, 1.54) is 0 Å². The van der Waals surface area contributed by atoms with Crippen molar-refractivity contribution in [3.8, 4) is 5.75 Å². The van der Waals surface area contributed by atoms with Crippen LogP contribution in [0.1, 0.15) is 65.9 Å². The lowest BCUT2D eigenvalue weighted by Crippen LogP contribution is -2.47. The minimum absolute atomic E-state index is 0.0334. The maximum absolute atomic E-state index is 13.2. The summed E-state index contributed by atoms with van der Waals surface area (Å²) in [7, 11) is 0. The molecule has 2 N–H and O–H groups in total. The summed E-state index contributed by atoms with van der Waals surface area (Å²) >= 11 is 0. The molecule has 2 aliphatic heterocycles. The van der Waals surface area contributed by atoms with Gasteiger partial charge in [-0.05, 0) is 56.0 Å². The minimum Gasteiger partial charge on any atom is -0.487 e. The van der Waals surface area contributed by atoms with E-state index in [4.69, 9.17) is 9.47 Å². The SMILES string of the molecule is CC1(C)Oc2ccc(C(=O)N[C@@H](Cc3ccccc3)C(=O)O)cc2[C@@H]2O[C@H](c3ccccc3)CC[C@H]21. The van der Waals surface area contributed by atoms with Crippen LogP contribution in [0.25, 0.3) is 0 Å². The summed E-state index contributed by atoms with van der Waals surface area (Å²) in [4.78, 5) is 25.0. The van der Waals surface area contributed by atoms with E-state index in [0.29, 0.717) is 11.3 Å². The monoisotopic (exact) mass is 485 g/mol. The van der Waals surface area contributed by atoms with Gasteiger partial charge in [-0.3, -0.25) is 4.79 Å². The van der Waals surface area contributed by atoms with Gasteiger partial charge >= 0.3 is 5.97 Å². The Hall–Kier alpha value is -3.64. The summed E-state index contributed by atoms with van der Waals surface area (Å²) < 4.78 is 13.0. The first kappa shape index (κ1) is 24.1. The molecule has 2 aliphatic rings. The highest BCUT2D eigenvalue weighted by Gasteiger charge is 2.47. The molecule has 4 atom stereocenters. The van der Waals surface area contributed by atoms with Crippen LogP contribution in [-0.4, -0.2) is 28.6 Å². The topological polar surface area (TPSA) is 84.9 Å². The van der Waals surface area contributed by atoms with Crippen molar-refractivity contribution in [1.29, 1.82) is 0 Å². The van der Waals surface area contributed by atoms with Crippen molar-refractivity contribution < 1.29 is 24.2 Å². The maximum atomic E-state index is 13.2. The average Bonchev–Trinajstić information content (AvgIpc) is 2.88. The van der Waals surface area contributed by atoms with Crippen LogP contribution in [0.3, 0.4) is 0 Å². The predicted octanol–water partition coefficient (Wildman–Crippen LogP) is 5.49. The lowest BCUT2D eigenvalue weighted by atomic mass is 9.74. The highest BCUT2D eigenvalue weighted by atomic mass is 16.5. The normalized spacial score (nSPS) is 22.9. The van der Waals surface area contributed by atoms with Gasteiger partial charge in [0.1, 0.15) is 17.4 Å². The Kier molecular flexibility index (Phi) is 6.54. The summed E-state index contributed by atoms with van der Waals surface area (Å²) in [6, 6.07) is 23.7. The Bertz CT molecular complexity index is 1240. The smallest absolute Gasteiger partial charge is 0.326 e. The van der Waals surface area contributed by atoms with E-state index in [9.17, 15) is 14.7 Å². The summed E-state index contributed by atoms with van der Waals surface area (Å²) in [5.41, 5.74) is 2.80. The lowest BCUT2D eigenvalue weighted by molar-refractivity contribution is -0.151. The fourth-order valence-corrected chi connectivity index (χ4v) is 5.39. The number of ether oxygens (including phenoxy) is 2. The molecule has 186 valence electrons. The number of fused-ring (bicyclic) bond motifs is 3. The van der Waals surface area contributed by atoms with Crippen LogP contribution in [0.15, 0.2) is 78.9 Å². The summed E-state index contributed by atoms with van der Waals surface area (Å²) in [5, 5.41) is 12.4. The van der Waals surface area contributed by atoms with Crippen LogP contribution in [-0.2, 0) is 16.0 Å². The summed E-state index contributed by atoms with van der Waals surface area (Å²) in [5.74, 6) is -0.673. The Labute approximate surface area is 211 Å². The molecule has 5 rings (SSSR count). The van der Waals surface area contributed by atoms with Gasteiger partial charge in [0.2, 0.25) is 0 Å². The molecule has 1 amide bonds. The molecule has 2 heterocycles. The molecule has 0 bridgehead atoms. The number of carbonyl (C=O) groups excluding carboxylic acids is 1. The van der Waals surface area contributed by atoms with Gasteiger partial charge in [-0.25, -0.2) is 4.79 Å². The Morgan fingerprint density at radius 3 is 2.39 bits per heavy atom. The summed E-state index contributed by atoms with van der Waals surface area (Å²) in [6.07, 6.45) is 1.78. The van der Waals surface area contributed by atoms with Gasteiger partial charge in [0.15, 0.2) is 0 Å². The van der Waals surface area contributed by atoms with Gasteiger partial charge in [-0.15, -0.1) is 0 Å². The number of benzene rings is 3. The van der Waals surface area contributed by atoms with Crippen molar-refractivity contribution in [3.63, 3.8) is 0 Å². The zero-order valence-electron chi connectivity index (χ0n) is 20.5. The molecule has 3 aromatic carbocycles. The second kappa shape index (κ2) is 9.78. The lowest BCUT2D eigenvalue weighted by Gasteiger charge is -2.49. The first-order chi connectivity index (χ1) is 17.3. The van der Waals surface area contributed by atoms with Gasteiger partial charge in [-0.1, -0.05) is 60.7 Å². The van der Waals surface area contributed by atoms with E-state index in [2.05, 4.69) is 31.3 Å². The molecular weight excluding hydrogens is 454 g/mol. The zero-order valence-corrected chi connectivity index (χ0v) is 20.5. The first-order valence-corrected chi connectivity index (χ1v) is 12.4. The molecule has 6 nitrogen and oxygen atoms in total. The highest BCUT2D eigenvalue weighted by molar-refractivity contribution is 5.97. The predicted molar refractivity (Wildman–Crippen MR) is 136 cm³/mol. The van der Waals surface area contributed by atoms with Gasteiger partial charge in [-0.2, -0.15) is 0 Å². The van der Waals surface area contributed by atoms with Crippen molar-refractivity contribution in [2.24, 2.45) is 5.92 Å². The Morgan fingerprint density at radius 2 is 1.69 bits per heavy atom. The zero-order chi connectivity index (χ0) is 25.3. The van der Waals surface area contributed by atoms with E-state index >= 15 is 0 Å². The minimum atomic E-state index is -1.07. The third-order valence-electron chi connectivity index (χ3n) is 7.32. The maximum Gasteiger partial charge on any atom is 0.326 e. The van der Waals surface area contributed by atoms with Crippen molar-refractivity contribution in [2.45, 2.75) is 57.0 Å². The van der Waals surface area contributed by atoms with Gasteiger partial charge in [0, 0.05) is 23.5 Å². The van der Waals surface area contributed by atoms with Gasteiger partial charge in [0.05, 0.1) is 12.2 Å². The number of carboxylic acid groups (broad SMARTS) is 1. The Morgan fingerprint density at radius 1 is 1.00 bits per heavy atom. The third kappa shape index (κ3) is 4.86. The van der Waals surface area contributed by atoms with E-state index in [-0.39, 0.29) is 24.5 Å². The van der Waals surface area contributed by atoms with Crippen LogP contribution in [0.2, 0.25) is 0 Å². The molecular formula is C30H31NO5. The molecule has 1 saturated heterocycles. The van der Waals surface area contributed by atoms with Crippen molar-refractivity contribution in [3.05, 3.63) is 101 Å². The fraction of sp³-hybridized carbons (Fsp3) is 0.333. The number of rotatable bonds is 6. The number of nitrogens with one attached hydrogen (secondary N) is 1. The molecule has 3 aromatic rings. The van der Waals surface area contributed by atoms with E-state index in [1.54, 1.807) is 18.2 Å². The number of hydrogen-bond donors (Lipinski definition) is 2. The molecule has 0 saturated carbocycles. The van der Waals surface area contributed by atoms with Crippen LogP contribution in [0.5, 0.6) is 5.75 Å². The molecule has 6 heteroatoms. The van der Waals surface area contributed by atoms with Gasteiger partial charge < -0.3 is 19.9 Å². The second-order valence-corrected chi connectivity index (χ2v) is 10.2. The molecule has 0 radical (unpaired) electrons. The number of carbonyl (C=O) groups is 2. The third-order valence-corrected chi connectivity index (χ3v) is 7.32. The summed E-state index contributed by atoms with van der Waals surface area (Å²) in [6.45, 7) is 4.17. The van der Waals surface area contributed by atoms with E-state index in [0.717, 1.165) is 29.5 Å². The van der Waals surface area contributed by atoms with Crippen LogP contribution < -0.4 is 10.1 Å². The molecule has 0 spiro atoms. The number of aliphatic carboxylic acids is 1. The van der Waals surface area contributed by atoms with E-state index in [1.807, 2.05) is 48.5 Å². The number of amides is 1. The first-order valence-electron chi connectivity index (χ1n) is 12.4. The number of hydrogen-bond acceptors (Lipinski definition) is 4. The number of carboxylic acids is 1. The van der Waals surface area contributed by atoms with Crippen molar-refractivity contribution >= 4 is 11.9 Å². The van der Waals surface area contributed by atoms with Gasteiger partial charge in [0.25, 0.3) is 5.91 Å². The largest absolute Gasteiger partial charge is 0.487 e. The molecule has 0 unspecified atom stereocenters. The van der Waals surface area contributed by atoms with E-state index < -0.39 is 23.5 Å². The standard InChI is InChI=1S/C30H31NO5/c1-30(2)23-14-16-25(20-11-7-4-8-12-20)35-27(23)22-18-21(13-15-26(22)36-30)28(32)31-24(29(33)34)17-19-9-5-3-6-10-19/h3-13,15,18,23-25,27H,14,16-17H2,1-2H3,(H,31,32)(H,33,34)/t23-,24+,25+,27+/m1/s1. The fourth-order valence-electron chi connectivity index (χ4n) is 5.39. The Balaban J connectivity index is 1.40. The van der Waals surface area contributed by atoms with Crippen LogP contribution >= 0.6 is 0 Å². The van der Waals surface area contributed by atoms with Crippen LogP contribution in [0, 0.1) is 5.92 Å². The second-order valence-electron chi connectivity index (χ2n) is 10.2. The molecule has 0 aliphatic carbocycles. The molecule has 0 aromatic heterocycles. The van der Waals surface area contributed by atoms with Crippen molar-refractivity contribution in [1.82, 2.24) is 5.32 Å².